The van der Waals surface area contributed by atoms with E-state index >= 15 is 0 Å². The lowest BCUT2D eigenvalue weighted by molar-refractivity contribution is 0.0996. The van der Waals surface area contributed by atoms with Gasteiger partial charge in [-0.3, -0.25) is 9.59 Å². The molecular weight excluding hydrogens is 347 g/mol. The summed E-state index contributed by atoms with van der Waals surface area (Å²) in [6.45, 7) is 1.51. The summed E-state index contributed by atoms with van der Waals surface area (Å²) in [5, 5.41) is 4.34. The maximum Gasteiger partial charge on any atom is 0.266 e. The number of anilines is 1. The third-order valence-corrected chi connectivity index (χ3v) is 4.54. The summed E-state index contributed by atoms with van der Waals surface area (Å²) in [5.74, 6) is -1.73. The fourth-order valence-corrected chi connectivity index (χ4v) is 3.03. The average Bonchev–Trinajstić information content (AvgIpc) is 2.80. The summed E-state index contributed by atoms with van der Waals surface area (Å²) < 4.78 is 14.4. The van der Waals surface area contributed by atoms with E-state index in [0.717, 1.165) is 6.07 Å². The topological polar surface area (TPSA) is 72.2 Å². The Kier molecular flexibility index (Phi) is 4.20. The summed E-state index contributed by atoms with van der Waals surface area (Å²) in [6, 6.07) is 4.15. The van der Waals surface area contributed by atoms with E-state index in [1.807, 2.05) is 0 Å². The van der Waals surface area contributed by atoms with Crippen molar-refractivity contribution >= 4 is 44.8 Å². The highest BCUT2D eigenvalue weighted by Gasteiger charge is 2.16. The lowest BCUT2D eigenvalue weighted by Crippen LogP contribution is -2.16. The molecular formula is C13H10BrFN2O2S. The minimum Gasteiger partial charge on any atom is -0.366 e. The van der Waals surface area contributed by atoms with E-state index in [2.05, 4.69) is 21.2 Å². The van der Waals surface area contributed by atoms with Gasteiger partial charge in [0.1, 0.15) is 10.7 Å². The molecule has 0 fully saturated rings. The van der Waals surface area contributed by atoms with Gasteiger partial charge in [-0.1, -0.05) is 0 Å². The summed E-state index contributed by atoms with van der Waals surface area (Å²) in [7, 11) is 0. The van der Waals surface area contributed by atoms with Gasteiger partial charge in [-0.05, 0) is 46.4 Å². The minimum absolute atomic E-state index is 0.00800. The molecule has 3 N–H and O–H groups in total. The van der Waals surface area contributed by atoms with Crippen LogP contribution in [0.2, 0.25) is 0 Å². The number of primary amides is 1. The van der Waals surface area contributed by atoms with Crippen LogP contribution in [0.1, 0.15) is 25.6 Å². The van der Waals surface area contributed by atoms with Gasteiger partial charge < -0.3 is 11.1 Å². The second kappa shape index (κ2) is 5.72. The van der Waals surface area contributed by atoms with Gasteiger partial charge in [-0.25, -0.2) is 4.39 Å². The molecule has 2 amide bonds. The highest BCUT2D eigenvalue weighted by molar-refractivity contribution is 9.10. The number of benzene rings is 1. The van der Waals surface area contributed by atoms with Gasteiger partial charge in [0.15, 0.2) is 0 Å². The van der Waals surface area contributed by atoms with Crippen LogP contribution in [-0.4, -0.2) is 11.8 Å². The number of halogens is 2. The van der Waals surface area contributed by atoms with Crippen molar-refractivity contribution in [1.29, 1.82) is 0 Å². The Labute approximate surface area is 126 Å². The third kappa shape index (κ3) is 2.88. The van der Waals surface area contributed by atoms with Gasteiger partial charge in [0, 0.05) is 21.3 Å². The van der Waals surface area contributed by atoms with Crippen LogP contribution in [0.25, 0.3) is 0 Å². The lowest BCUT2D eigenvalue weighted by atomic mass is 10.1. The molecule has 0 aliphatic heterocycles. The van der Waals surface area contributed by atoms with E-state index in [1.165, 1.54) is 24.3 Å². The zero-order valence-corrected chi connectivity index (χ0v) is 12.8. The molecule has 0 aliphatic carbocycles. The van der Waals surface area contributed by atoms with Crippen LogP contribution >= 0.6 is 27.3 Å². The first-order chi connectivity index (χ1) is 9.40. The van der Waals surface area contributed by atoms with Gasteiger partial charge in [0.2, 0.25) is 5.91 Å². The summed E-state index contributed by atoms with van der Waals surface area (Å²) in [5.41, 5.74) is 5.61. The largest absolute Gasteiger partial charge is 0.366 e. The van der Waals surface area contributed by atoms with E-state index in [0.29, 0.717) is 9.35 Å². The molecule has 104 valence electrons. The SMILES string of the molecule is Cc1c(F)cc(C(N)=O)cc1NC(=O)c1sccc1Br. The Morgan fingerprint density at radius 2 is 2.10 bits per heavy atom. The second-order valence-corrected chi connectivity index (χ2v) is 5.82. The predicted molar refractivity (Wildman–Crippen MR) is 79.6 cm³/mol. The molecule has 0 spiro atoms. The zero-order chi connectivity index (χ0) is 14.9. The van der Waals surface area contributed by atoms with Crippen molar-refractivity contribution in [1.82, 2.24) is 0 Å². The fourth-order valence-electron chi connectivity index (χ4n) is 1.59. The number of thiophene rings is 1. The number of carbonyl (C=O) groups is 2. The lowest BCUT2D eigenvalue weighted by Gasteiger charge is -2.10. The van der Waals surface area contributed by atoms with Crippen LogP contribution < -0.4 is 11.1 Å². The summed E-state index contributed by atoms with van der Waals surface area (Å²) in [4.78, 5) is 23.7. The highest BCUT2D eigenvalue weighted by atomic mass is 79.9. The van der Waals surface area contributed by atoms with Gasteiger partial charge in [-0.15, -0.1) is 11.3 Å². The van der Waals surface area contributed by atoms with Gasteiger partial charge >= 0.3 is 0 Å². The van der Waals surface area contributed by atoms with Crippen molar-refractivity contribution in [3.05, 3.63) is 49.9 Å². The molecule has 2 rings (SSSR count). The molecule has 7 heteroatoms. The molecule has 1 aromatic carbocycles. The molecule has 0 bridgehead atoms. The van der Waals surface area contributed by atoms with Crippen LogP contribution in [0.3, 0.4) is 0 Å². The number of nitrogens with one attached hydrogen (secondary N) is 1. The molecule has 2 aromatic rings. The van der Waals surface area contributed by atoms with Crippen molar-refractivity contribution in [3.8, 4) is 0 Å². The first-order valence-corrected chi connectivity index (χ1v) is 7.21. The number of amides is 2. The fraction of sp³-hybridized carbons (Fsp3) is 0.0769. The number of carbonyl (C=O) groups excluding carboxylic acids is 2. The van der Waals surface area contributed by atoms with Crippen molar-refractivity contribution in [2.45, 2.75) is 6.92 Å². The zero-order valence-electron chi connectivity index (χ0n) is 10.4. The monoisotopic (exact) mass is 356 g/mol. The Morgan fingerprint density at radius 1 is 1.40 bits per heavy atom. The number of hydrogen-bond donors (Lipinski definition) is 2. The summed E-state index contributed by atoms with van der Waals surface area (Å²) in [6.07, 6.45) is 0. The Hall–Kier alpha value is -1.73. The Morgan fingerprint density at radius 3 is 2.65 bits per heavy atom. The van der Waals surface area contributed by atoms with E-state index < -0.39 is 11.7 Å². The second-order valence-electron chi connectivity index (χ2n) is 4.05. The smallest absolute Gasteiger partial charge is 0.266 e. The molecule has 0 radical (unpaired) electrons. The van der Waals surface area contributed by atoms with Crippen molar-refractivity contribution in [3.63, 3.8) is 0 Å². The van der Waals surface area contributed by atoms with Crippen LogP contribution in [-0.2, 0) is 0 Å². The predicted octanol–water partition coefficient (Wildman–Crippen LogP) is 3.31. The quantitative estimate of drug-likeness (QED) is 0.885. The highest BCUT2D eigenvalue weighted by Crippen LogP contribution is 2.26. The maximum absolute atomic E-state index is 13.7. The molecule has 0 aliphatic rings. The standard InChI is InChI=1S/C13H10BrFN2O2S/c1-6-9(15)4-7(12(16)18)5-10(6)17-13(19)11-8(14)2-3-20-11/h2-5H,1H3,(H2,16,18)(H,17,19). The van der Waals surface area contributed by atoms with E-state index in [4.69, 9.17) is 5.73 Å². The van der Waals surface area contributed by atoms with E-state index in [-0.39, 0.29) is 22.7 Å². The first kappa shape index (κ1) is 14.7. The van der Waals surface area contributed by atoms with Crippen molar-refractivity contribution < 1.29 is 14.0 Å². The normalized spacial score (nSPS) is 10.3. The van der Waals surface area contributed by atoms with Gasteiger partial charge in [0.25, 0.3) is 5.91 Å². The first-order valence-electron chi connectivity index (χ1n) is 5.54. The van der Waals surface area contributed by atoms with Crippen LogP contribution in [0.15, 0.2) is 28.1 Å². The molecule has 20 heavy (non-hydrogen) atoms. The molecule has 1 aromatic heterocycles. The molecule has 0 saturated carbocycles. The minimum atomic E-state index is -0.753. The van der Waals surface area contributed by atoms with E-state index in [9.17, 15) is 14.0 Å². The number of nitrogens with two attached hydrogens (primary N) is 1. The third-order valence-electron chi connectivity index (χ3n) is 2.70. The van der Waals surface area contributed by atoms with Crippen molar-refractivity contribution in [2.75, 3.05) is 5.32 Å². The van der Waals surface area contributed by atoms with Crippen LogP contribution in [0.4, 0.5) is 10.1 Å². The molecule has 0 unspecified atom stereocenters. The summed E-state index contributed by atoms with van der Waals surface area (Å²) >= 11 is 4.51. The van der Waals surface area contributed by atoms with E-state index in [1.54, 1.807) is 11.4 Å². The van der Waals surface area contributed by atoms with Gasteiger partial charge in [0.05, 0.1) is 0 Å². The van der Waals surface area contributed by atoms with Crippen LogP contribution in [0.5, 0.6) is 0 Å². The molecule has 1 heterocycles. The molecule has 0 saturated heterocycles. The average molecular weight is 357 g/mol. The molecule has 0 atom stereocenters. The number of hydrogen-bond acceptors (Lipinski definition) is 3. The van der Waals surface area contributed by atoms with Crippen LogP contribution in [0, 0.1) is 12.7 Å². The molecule has 4 nitrogen and oxygen atoms in total. The number of rotatable bonds is 3. The Balaban J connectivity index is 2.36. The van der Waals surface area contributed by atoms with Crippen molar-refractivity contribution in [2.24, 2.45) is 5.73 Å². The Bertz CT molecular complexity index is 700. The maximum atomic E-state index is 13.7. The van der Waals surface area contributed by atoms with Gasteiger partial charge in [-0.2, -0.15) is 0 Å².